The van der Waals surface area contributed by atoms with Gasteiger partial charge in [-0.3, -0.25) is 0 Å². The fourth-order valence-corrected chi connectivity index (χ4v) is 1.33. The van der Waals surface area contributed by atoms with Gasteiger partial charge >= 0.3 is 0 Å². The summed E-state index contributed by atoms with van der Waals surface area (Å²) in [6.07, 6.45) is -0.710. The molecule has 1 aromatic carbocycles. The molecule has 72 valence electrons. The van der Waals surface area contributed by atoms with Crippen molar-refractivity contribution in [2.24, 2.45) is 5.73 Å². The Morgan fingerprint density at radius 2 is 2.31 bits per heavy atom. The molecule has 0 saturated heterocycles. The van der Waals surface area contributed by atoms with Crippen LogP contribution in [0.5, 0.6) is 5.75 Å². The van der Waals surface area contributed by atoms with E-state index in [1.807, 2.05) is 0 Å². The van der Waals surface area contributed by atoms with Crippen LogP contribution >= 0.6 is 11.6 Å². The fourth-order valence-electron chi connectivity index (χ4n) is 1.03. The molecule has 0 aliphatic rings. The predicted molar refractivity (Wildman–Crippen MR) is 52.0 cm³/mol. The number of benzene rings is 1. The molecule has 0 amide bonds. The Kier molecular flexibility index (Phi) is 3.54. The summed E-state index contributed by atoms with van der Waals surface area (Å²) in [6, 6.07) is 5.09. The zero-order valence-corrected chi connectivity index (χ0v) is 8.08. The number of rotatable bonds is 3. The number of nitrogens with two attached hydrogens (primary N) is 1. The molecule has 0 aromatic heterocycles. The summed E-state index contributed by atoms with van der Waals surface area (Å²) in [4.78, 5) is 0. The first kappa shape index (κ1) is 10.3. The summed E-state index contributed by atoms with van der Waals surface area (Å²) in [5, 5.41) is 9.89. The second kappa shape index (κ2) is 4.46. The predicted octanol–water partition coefficient (Wildman–Crippen LogP) is 1.34. The molecule has 0 radical (unpaired) electrons. The standard InChI is InChI=1S/C9H12ClNO2/c1-13-6-2-3-7(8(10)4-6)9(12)5-11/h2-4,9,12H,5,11H2,1H3/t9-/m1/s1. The van der Waals surface area contributed by atoms with Crippen LogP contribution in [0.15, 0.2) is 18.2 Å². The summed E-state index contributed by atoms with van der Waals surface area (Å²) in [5.41, 5.74) is 5.93. The maximum atomic E-state index is 9.42. The first-order chi connectivity index (χ1) is 6.19. The molecule has 0 bridgehead atoms. The molecule has 0 saturated carbocycles. The molecule has 1 aromatic rings. The molecule has 0 aliphatic carbocycles. The molecule has 1 atom stereocenters. The van der Waals surface area contributed by atoms with Gasteiger partial charge in [0.2, 0.25) is 0 Å². The minimum absolute atomic E-state index is 0.159. The van der Waals surface area contributed by atoms with Crippen LogP contribution in [0.25, 0.3) is 0 Å². The van der Waals surface area contributed by atoms with Gasteiger partial charge in [0, 0.05) is 12.1 Å². The zero-order chi connectivity index (χ0) is 9.84. The monoisotopic (exact) mass is 201 g/mol. The average Bonchev–Trinajstić information content (AvgIpc) is 2.16. The van der Waals surface area contributed by atoms with E-state index >= 15 is 0 Å². The summed E-state index contributed by atoms with van der Waals surface area (Å²) >= 11 is 5.89. The molecule has 13 heavy (non-hydrogen) atoms. The van der Waals surface area contributed by atoms with Gasteiger partial charge in [-0.05, 0) is 12.1 Å². The van der Waals surface area contributed by atoms with Gasteiger partial charge in [0.05, 0.1) is 18.2 Å². The normalized spacial score (nSPS) is 12.6. The van der Waals surface area contributed by atoms with Gasteiger partial charge < -0.3 is 15.6 Å². The highest BCUT2D eigenvalue weighted by Crippen LogP contribution is 2.26. The van der Waals surface area contributed by atoms with E-state index in [1.54, 1.807) is 25.3 Å². The van der Waals surface area contributed by atoms with Crippen molar-refractivity contribution >= 4 is 11.6 Å². The Labute approximate surface area is 82.1 Å². The van der Waals surface area contributed by atoms with Crippen molar-refractivity contribution in [2.45, 2.75) is 6.10 Å². The van der Waals surface area contributed by atoms with Crippen LogP contribution in [0.2, 0.25) is 5.02 Å². The van der Waals surface area contributed by atoms with Gasteiger partial charge in [-0.15, -0.1) is 0 Å². The van der Waals surface area contributed by atoms with E-state index in [0.717, 1.165) is 0 Å². The Morgan fingerprint density at radius 1 is 1.62 bits per heavy atom. The van der Waals surface area contributed by atoms with Crippen LogP contribution in [-0.2, 0) is 0 Å². The maximum Gasteiger partial charge on any atom is 0.120 e. The van der Waals surface area contributed by atoms with E-state index in [4.69, 9.17) is 22.1 Å². The molecular formula is C9H12ClNO2. The molecule has 3 N–H and O–H groups in total. The van der Waals surface area contributed by atoms with Crippen LogP contribution in [0.1, 0.15) is 11.7 Å². The number of hydrogen-bond acceptors (Lipinski definition) is 3. The van der Waals surface area contributed by atoms with Crippen molar-refractivity contribution in [3.8, 4) is 5.75 Å². The molecule has 0 fully saturated rings. The Morgan fingerprint density at radius 3 is 2.77 bits per heavy atom. The quantitative estimate of drug-likeness (QED) is 0.776. The summed E-state index contributed by atoms with van der Waals surface area (Å²) in [5.74, 6) is 0.665. The molecule has 0 spiro atoms. The SMILES string of the molecule is COc1ccc([C@H](O)CN)c(Cl)c1. The fraction of sp³-hybridized carbons (Fsp3) is 0.333. The number of hydrogen-bond donors (Lipinski definition) is 2. The number of ether oxygens (including phenoxy) is 1. The molecule has 4 heteroatoms. The van der Waals surface area contributed by atoms with E-state index in [-0.39, 0.29) is 6.54 Å². The van der Waals surface area contributed by atoms with Crippen LogP contribution in [0.3, 0.4) is 0 Å². The summed E-state index contributed by atoms with van der Waals surface area (Å²) in [7, 11) is 1.56. The third-order valence-corrected chi connectivity index (χ3v) is 2.12. The highest BCUT2D eigenvalue weighted by molar-refractivity contribution is 6.31. The van der Waals surface area contributed by atoms with Crippen LogP contribution in [-0.4, -0.2) is 18.8 Å². The van der Waals surface area contributed by atoms with E-state index in [2.05, 4.69) is 0 Å². The minimum atomic E-state index is -0.710. The first-order valence-corrected chi connectivity index (χ1v) is 4.28. The van der Waals surface area contributed by atoms with Gasteiger partial charge in [-0.1, -0.05) is 17.7 Å². The second-order valence-electron chi connectivity index (χ2n) is 2.64. The first-order valence-electron chi connectivity index (χ1n) is 3.90. The van der Waals surface area contributed by atoms with Crippen molar-refractivity contribution < 1.29 is 9.84 Å². The van der Waals surface area contributed by atoms with Crippen molar-refractivity contribution in [3.63, 3.8) is 0 Å². The Bertz CT molecular complexity index is 291. The van der Waals surface area contributed by atoms with E-state index in [9.17, 15) is 5.11 Å². The lowest BCUT2D eigenvalue weighted by Crippen LogP contribution is -2.11. The van der Waals surface area contributed by atoms with Crippen LogP contribution < -0.4 is 10.5 Å². The van der Waals surface area contributed by atoms with Gasteiger partial charge in [-0.2, -0.15) is 0 Å². The van der Waals surface area contributed by atoms with E-state index in [0.29, 0.717) is 16.3 Å². The number of aliphatic hydroxyl groups excluding tert-OH is 1. The maximum absolute atomic E-state index is 9.42. The zero-order valence-electron chi connectivity index (χ0n) is 7.33. The minimum Gasteiger partial charge on any atom is -0.497 e. The number of methoxy groups -OCH3 is 1. The van der Waals surface area contributed by atoms with Gasteiger partial charge in [0.15, 0.2) is 0 Å². The highest BCUT2D eigenvalue weighted by atomic mass is 35.5. The van der Waals surface area contributed by atoms with Crippen molar-refractivity contribution in [2.75, 3.05) is 13.7 Å². The lowest BCUT2D eigenvalue weighted by Gasteiger charge is -2.10. The highest BCUT2D eigenvalue weighted by Gasteiger charge is 2.09. The lowest BCUT2D eigenvalue weighted by molar-refractivity contribution is 0.187. The number of halogens is 1. The molecule has 0 unspecified atom stereocenters. The molecule has 0 aliphatic heterocycles. The summed E-state index contributed by atoms with van der Waals surface area (Å²) < 4.78 is 4.97. The largest absolute Gasteiger partial charge is 0.497 e. The van der Waals surface area contributed by atoms with E-state index in [1.165, 1.54) is 0 Å². The van der Waals surface area contributed by atoms with Crippen molar-refractivity contribution in [3.05, 3.63) is 28.8 Å². The van der Waals surface area contributed by atoms with Crippen LogP contribution in [0, 0.1) is 0 Å². The molecule has 0 heterocycles. The van der Waals surface area contributed by atoms with Gasteiger partial charge in [-0.25, -0.2) is 0 Å². The average molecular weight is 202 g/mol. The topological polar surface area (TPSA) is 55.5 Å². The third-order valence-electron chi connectivity index (χ3n) is 1.79. The van der Waals surface area contributed by atoms with Crippen LogP contribution in [0.4, 0.5) is 0 Å². The molecular weight excluding hydrogens is 190 g/mol. The number of aliphatic hydroxyl groups is 1. The van der Waals surface area contributed by atoms with Gasteiger partial charge in [0.1, 0.15) is 5.75 Å². The smallest absolute Gasteiger partial charge is 0.120 e. The Hall–Kier alpha value is -0.770. The molecule has 1 rings (SSSR count). The Balaban J connectivity index is 2.98. The third kappa shape index (κ3) is 2.34. The second-order valence-corrected chi connectivity index (χ2v) is 3.05. The molecule has 3 nitrogen and oxygen atoms in total. The van der Waals surface area contributed by atoms with Gasteiger partial charge in [0.25, 0.3) is 0 Å². The summed E-state index contributed by atoms with van der Waals surface area (Å²) in [6.45, 7) is 0.159. The van der Waals surface area contributed by atoms with E-state index < -0.39 is 6.10 Å². The van der Waals surface area contributed by atoms with Crippen molar-refractivity contribution in [1.29, 1.82) is 0 Å². The van der Waals surface area contributed by atoms with Crippen molar-refractivity contribution in [1.82, 2.24) is 0 Å². The lowest BCUT2D eigenvalue weighted by atomic mass is 10.1.